The average Bonchev–Trinajstić information content (AvgIpc) is 3.15. The second kappa shape index (κ2) is 6.21. The second-order valence-electron chi connectivity index (χ2n) is 5.82. The van der Waals surface area contributed by atoms with E-state index < -0.39 is 0 Å². The Bertz CT molecular complexity index is 782. The third-order valence-corrected chi connectivity index (χ3v) is 4.78. The fourth-order valence-electron chi connectivity index (χ4n) is 3.04. The van der Waals surface area contributed by atoms with E-state index >= 15 is 0 Å². The summed E-state index contributed by atoms with van der Waals surface area (Å²) in [4.78, 5) is 17.9. The molecule has 0 saturated carbocycles. The minimum atomic E-state index is 0.670. The molecule has 1 fully saturated rings. The van der Waals surface area contributed by atoms with Gasteiger partial charge in [-0.2, -0.15) is 14.6 Å². The largest absolute Gasteiger partial charge is 0.355 e. The molecule has 1 aliphatic heterocycles. The maximum absolute atomic E-state index is 4.42. The molecule has 1 saturated heterocycles. The number of hydrogen-bond acceptors (Lipinski definition) is 7. The molecule has 0 spiro atoms. The van der Waals surface area contributed by atoms with Gasteiger partial charge in [-0.25, -0.2) is 9.97 Å². The first kappa shape index (κ1) is 14.5. The van der Waals surface area contributed by atoms with Gasteiger partial charge in [-0.3, -0.25) is 4.90 Å². The van der Waals surface area contributed by atoms with Crippen molar-refractivity contribution in [1.82, 2.24) is 29.5 Å². The molecule has 3 aromatic rings. The van der Waals surface area contributed by atoms with Gasteiger partial charge in [-0.1, -0.05) is 0 Å². The Morgan fingerprint density at radius 2 is 2.13 bits per heavy atom. The number of nitrogens with zero attached hydrogens (tertiary/aromatic N) is 7. The van der Waals surface area contributed by atoms with Gasteiger partial charge >= 0.3 is 0 Å². The number of anilines is 1. The van der Waals surface area contributed by atoms with E-state index in [1.54, 1.807) is 17.7 Å². The number of rotatable bonds is 3. The van der Waals surface area contributed by atoms with Crippen molar-refractivity contribution < 1.29 is 0 Å². The van der Waals surface area contributed by atoms with E-state index in [0.29, 0.717) is 5.78 Å². The van der Waals surface area contributed by atoms with E-state index in [1.807, 2.05) is 16.9 Å². The van der Waals surface area contributed by atoms with Crippen molar-refractivity contribution in [2.24, 2.45) is 0 Å². The summed E-state index contributed by atoms with van der Waals surface area (Å²) < 4.78 is 1.84. The maximum atomic E-state index is 4.42. The predicted molar refractivity (Wildman–Crippen MR) is 89.7 cm³/mol. The molecular formula is C15H19N7S. The number of aromatic nitrogens is 5. The number of aryl methyl sites for hydroxylation is 1. The van der Waals surface area contributed by atoms with E-state index in [9.17, 15) is 0 Å². The maximum Gasteiger partial charge on any atom is 0.254 e. The highest BCUT2D eigenvalue weighted by Crippen LogP contribution is 2.18. The summed E-state index contributed by atoms with van der Waals surface area (Å²) in [6, 6.07) is 2.10. The molecule has 8 heteroatoms. The molecule has 0 aliphatic carbocycles. The molecule has 0 radical (unpaired) electrons. The smallest absolute Gasteiger partial charge is 0.254 e. The summed E-state index contributed by atoms with van der Waals surface area (Å²) in [5.41, 5.74) is 4.05. The van der Waals surface area contributed by atoms with Crippen molar-refractivity contribution in [3.63, 3.8) is 0 Å². The SMILES string of the molecule is Cc1cc(N2CCCN(Cc3cscn3)CC2)n2ncnc2n1. The Kier molecular flexibility index (Phi) is 3.92. The van der Waals surface area contributed by atoms with Crippen molar-refractivity contribution in [2.45, 2.75) is 19.9 Å². The minimum absolute atomic E-state index is 0.670. The molecule has 4 rings (SSSR count). The van der Waals surface area contributed by atoms with Gasteiger partial charge in [0.1, 0.15) is 12.1 Å². The van der Waals surface area contributed by atoms with Gasteiger partial charge in [0.15, 0.2) is 0 Å². The van der Waals surface area contributed by atoms with Crippen molar-refractivity contribution in [3.05, 3.63) is 34.7 Å². The van der Waals surface area contributed by atoms with Gasteiger partial charge in [0, 0.05) is 49.9 Å². The first-order chi connectivity index (χ1) is 11.3. The third kappa shape index (κ3) is 3.04. The molecule has 0 bridgehead atoms. The molecule has 7 nitrogen and oxygen atoms in total. The van der Waals surface area contributed by atoms with Gasteiger partial charge in [0.2, 0.25) is 0 Å². The first-order valence-electron chi connectivity index (χ1n) is 7.81. The van der Waals surface area contributed by atoms with Gasteiger partial charge in [0.25, 0.3) is 5.78 Å². The monoisotopic (exact) mass is 329 g/mol. The Labute approximate surface area is 138 Å². The second-order valence-corrected chi connectivity index (χ2v) is 6.54. The zero-order valence-corrected chi connectivity index (χ0v) is 13.9. The molecular weight excluding hydrogens is 310 g/mol. The molecule has 120 valence electrons. The van der Waals surface area contributed by atoms with Crippen molar-refractivity contribution in [2.75, 3.05) is 31.1 Å². The van der Waals surface area contributed by atoms with Crippen LogP contribution in [0.15, 0.2) is 23.3 Å². The molecule has 4 heterocycles. The summed E-state index contributed by atoms with van der Waals surface area (Å²) >= 11 is 1.66. The lowest BCUT2D eigenvalue weighted by atomic mass is 10.3. The lowest BCUT2D eigenvalue weighted by molar-refractivity contribution is 0.282. The fourth-order valence-corrected chi connectivity index (χ4v) is 3.59. The van der Waals surface area contributed by atoms with E-state index in [4.69, 9.17) is 0 Å². The molecule has 3 aromatic heterocycles. The van der Waals surface area contributed by atoms with E-state index in [2.05, 4.69) is 41.3 Å². The zero-order chi connectivity index (χ0) is 15.6. The lowest BCUT2D eigenvalue weighted by Gasteiger charge is -2.23. The zero-order valence-electron chi connectivity index (χ0n) is 13.1. The van der Waals surface area contributed by atoms with Gasteiger partial charge < -0.3 is 4.90 Å². The minimum Gasteiger partial charge on any atom is -0.355 e. The molecule has 23 heavy (non-hydrogen) atoms. The summed E-state index contributed by atoms with van der Waals surface area (Å²) in [7, 11) is 0. The Balaban J connectivity index is 1.52. The van der Waals surface area contributed by atoms with Crippen LogP contribution in [0.25, 0.3) is 5.78 Å². The summed E-state index contributed by atoms with van der Waals surface area (Å²) in [6.07, 6.45) is 2.69. The average molecular weight is 329 g/mol. The quantitative estimate of drug-likeness (QED) is 0.727. The van der Waals surface area contributed by atoms with Crippen LogP contribution in [0, 0.1) is 6.92 Å². The Hall–Kier alpha value is -2.06. The van der Waals surface area contributed by atoms with Crippen LogP contribution in [0.3, 0.4) is 0 Å². The van der Waals surface area contributed by atoms with Crippen LogP contribution in [0.5, 0.6) is 0 Å². The predicted octanol–water partition coefficient (Wildman–Crippen LogP) is 1.60. The first-order valence-corrected chi connectivity index (χ1v) is 8.75. The molecule has 0 N–H and O–H groups in total. The van der Waals surface area contributed by atoms with Crippen LogP contribution < -0.4 is 4.90 Å². The Morgan fingerprint density at radius 3 is 3.00 bits per heavy atom. The molecule has 1 aliphatic rings. The van der Waals surface area contributed by atoms with Gasteiger partial charge in [0.05, 0.1) is 11.2 Å². The Morgan fingerprint density at radius 1 is 1.17 bits per heavy atom. The number of thiazole rings is 1. The van der Waals surface area contributed by atoms with E-state index in [1.165, 1.54) is 5.69 Å². The fraction of sp³-hybridized carbons (Fsp3) is 0.467. The highest BCUT2D eigenvalue weighted by Gasteiger charge is 2.19. The lowest BCUT2D eigenvalue weighted by Crippen LogP contribution is -2.31. The molecule has 0 aromatic carbocycles. The molecule has 0 amide bonds. The van der Waals surface area contributed by atoms with Gasteiger partial charge in [-0.05, 0) is 13.3 Å². The highest BCUT2D eigenvalue weighted by atomic mass is 32.1. The summed E-state index contributed by atoms with van der Waals surface area (Å²) in [5.74, 6) is 1.75. The molecule has 0 atom stereocenters. The van der Waals surface area contributed by atoms with Crippen molar-refractivity contribution in [3.8, 4) is 0 Å². The van der Waals surface area contributed by atoms with Crippen LogP contribution in [-0.4, -0.2) is 55.6 Å². The topological polar surface area (TPSA) is 62.5 Å². The summed E-state index contributed by atoms with van der Waals surface area (Å²) in [5, 5.41) is 6.46. The van der Waals surface area contributed by atoms with Crippen LogP contribution in [0.2, 0.25) is 0 Å². The standard InChI is InChI=1S/C15H19N7S/c1-12-7-14(22-15(19-12)16-10-18-22)21-4-2-3-20(5-6-21)8-13-9-23-11-17-13/h7,9-11H,2-6,8H2,1H3. The van der Waals surface area contributed by atoms with Crippen LogP contribution in [0.1, 0.15) is 17.8 Å². The summed E-state index contributed by atoms with van der Waals surface area (Å²) in [6.45, 7) is 7.05. The highest BCUT2D eigenvalue weighted by molar-refractivity contribution is 7.07. The van der Waals surface area contributed by atoms with Crippen LogP contribution in [0.4, 0.5) is 5.82 Å². The normalized spacial score (nSPS) is 16.8. The van der Waals surface area contributed by atoms with Crippen LogP contribution in [-0.2, 0) is 6.54 Å². The van der Waals surface area contributed by atoms with Crippen molar-refractivity contribution in [1.29, 1.82) is 0 Å². The molecule has 0 unspecified atom stereocenters. The van der Waals surface area contributed by atoms with E-state index in [-0.39, 0.29) is 0 Å². The van der Waals surface area contributed by atoms with Gasteiger partial charge in [-0.15, -0.1) is 11.3 Å². The van der Waals surface area contributed by atoms with Crippen molar-refractivity contribution >= 4 is 22.9 Å². The van der Waals surface area contributed by atoms with Crippen LogP contribution >= 0.6 is 11.3 Å². The number of fused-ring (bicyclic) bond motifs is 1. The third-order valence-electron chi connectivity index (χ3n) is 4.14. The van der Waals surface area contributed by atoms with E-state index in [0.717, 1.165) is 50.7 Å². The number of hydrogen-bond donors (Lipinski definition) is 0.